The zero-order valence-electron chi connectivity index (χ0n) is 13.3. The summed E-state index contributed by atoms with van der Waals surface area (Å²) in [6, 6.07) is 4.63. The van der Waals surface area contributed by atoms with Crippen LogP contribution in [0.25, 0.3) is 0 Å². The van der Waals surface area contributed by atoms with Crippen LogP contribution >= 0.6 is 0 Å². The molecule has 0 aliphatic heterocycles. The zero-order chi connectivity index (χ0) is 16.8. The van der Waals surface area contributed by atoms with Crippen molar-refractivity contribution in [1.82, 2.24) is 0 Å². The number of ether oxygens (including phenoxy) is 1. The SMILES string of the molecule is C=CCOC(=O)c1ccc(N[C@H]2CCCC[C@@H]2C)c([N+](=O)[O-])c1. The minimum atomic E-state index is -0.592. The van der Waals surface area contributed by atoms with E-state index in [2.05, 4.69) is 18.8 Å². The van der Waals surface area contributed by atoms with Crippen LogP contribution in [-0.2, 0) is 4.74 Å². The fourth-order valence-corrected chi connectivity index (χ4v) is 2.88. The van der Waals surface area contributed by atoms with Gasteiger partial charge < -0.3 is 10.1 Å². The first-order chi connectivity index (χ1) is 11.0. The first kappa shape index (κ1) is 17.0. The van der Waals surface area contributed by atoms with Gasteiger partial charge >= 0.3 is 5.97 Å². The summed E-state index contributed by atoms with van der Waals surface area (Å²) in [6.07, 6.45) is 5.91. The van der Waals surface area contributed by atoms with Gasteiger partial charge in [0.2, 0.25) is 0 Å². The maximum Gasteiger partial charge on any atom is 0.338 e. The molecule has 1 aliphatic rings. The normalized spacial score (nSPS) is 20.6. The van der Waals surface area contributed by atoms with E-state index in [1.807, 2.05) is 0 Å². The van der Waals surface area contributed by atoms with E-state index in [1.54, 1.807) is 12.1 Å². The number of nitrogens with one attached hydrogen (secondary N) is 1. The maximum atomic E-state index is 11.8. The second-order valence-electron chi connectivity index (χ2n) is 5.89. The van der Waals surface area contributed by atoms with E-state index in [0.29, 0.717) is 11.6 Å². The van der Waals surface area contributed by atoms with Gasteiger partial charge in [-0.25, -0.2) is 4.79 Å². The molecule has 0 saturated heterocycles. The lowest BCUT2D eigenvalue weighted by atomic mass is 9.86. The van der Waals surface area contributed by atoms with Gasteiger partial charge in [0, 0.05) is 12.1 Å². The van der Waals surface area contributed by atoms with Gasteiger partial charge in [-0.05, 0) is 30.9 Å². The highest BCUT2D eigenvalue weighted by atomic mass is 16.6. The van der Waals surface area contributed by atoms with Crippen molar-refractivity contribution >= 4 is 17.3 Å². The second kappa shape index (κ2) is 7.76. The van der Waals surface area contributed by atoms with Crippen LogP contribution in [0.15, 0.2) is 30.9 Å². The Morgan fingerprint density at radius 2 is 2.22 bits per heavy atom. The molecule has 1 aromatic rings. The van der Waals surface area contributed by atoms with E-state index >= 15 is 0 Å². The smallest absolute Gasteiger partial charge is 0.338 e. The number of benzene rings is 1. The Morgan fingerprint density at radius 1 is 1.48 bits per heavy atom. The number of esters is 1. The van der Waals surface area contributed by atoms with Crippen molar-refractivity contribution in [2.75, 3.05) is 11.9 Å². The van der Waals surface area contributed by atoms with Crippen LogP contribution in [0.1, 0.15) is 43.0 Å². The quantitative estimate of drug-likeness (QED) is 0.372. The first-order valence-electron chi connectivity index (χ1n) is 7.86. The third kappa shape index (κ3) is 4.31. The van der Waals surface area contributed by atoms with Gasteiger partial charge in [-0.3, -0.25) is 10.1 Å². The summed E-state index contributed by atoms with van der Waals surface area (Å²) in [5.41, 5.74) is 0.519. The van der Waals surface area contributed by atoms with E-state index in [0.717, 1.165) is 19.3 Å². The average Bonchev–Trinajstić information content (AvgIpc) is 2.54. The second-order valence-corrected chi connectivity index (χ2v) is 5.89. The molecule has 6 heteroatoms. The number of hydrogen-bond donors (Lipinski definition) is 1. The fourth-order valence-electron chi connectivity index (χ4n) is 2.88. The van der Waals surface area contributed by atoms with Crippen LogP contribution in [-0.4, -0.2) is 23.5 Å². The number of carbonyl (C=O) groups excluding carboxylic acids is 1. The van der Waals surface area contributed by atoms with Gasteiger partial charge in [-0.1, -0.05) is 32.4 Å². The van der Waals surface area contributed by atoms with Gasteiger partial charge in [0.15, 0.2) is 0 Å². The molecule has 2 rings (SSSR count). The van der Waals surface area contributed by atoms with Crippen molar-refractivity contribution in [3.63, 3.8) is 0 Å². The predicted molar refractivity (Wildman–Crippen MR) is 88.6 cm³/mol. The monoisotopic (exact) mass is 318 g/mol. The Labute approximate surface area is 135 Å². The molecule has 0 heterocycles. The van der Waals surface area contributed by atoms with Crippen LogP contribution in [0, 0.1) is 16.0 Å². The summed E-state index contributed by atoms with van der Waals surface area (Å²) in [6.45, 7) is 5.69. The van der Waals surface area contributed by atoms with Crippen molar-refractivity contribution in [3.8, 4) is 0 Å². The minimum absolute atomic E-state index is 0.0756. The maximum absolute atomic E-state index is 11.8. The van der Waals surface area contributed by atoms with Crippen LogP contribution in [0.4, 0.5) is 11.4 Å². The molecule has 23 heavy (non-hydrogen) atoms. The van der Waals surface area contributed by atoms with Crippen molar-refractivity contribution in [2.45, 2.75) is 38.6 Å². The van der Waals surface area contributed by atoms with Gasteiger partial charge in [0.1, 0.15) is 12.3 Å². The Morgan fingerprint density at radius 3 is 2.87 bits per heavy atom. The molecule has 0 aromatic heterocycles. The number of anilines is 1. The van der Waals surface area contributed by atoms with Gasteiger partial charge in [0.25, 0.3) is 5.69 Å². The molecule has 0 unspecified atom stereocenters. The van der Waals surface area contributed by atoms with Crippen molar-refractivity contribution < 1.29 is 14.5 Å². The molecule has 1 saturated carbocycles. The molecule has 1 N–H and O–H groups in total. The Hall–Kier alpha value is -2.37. The number of carbonyl (C=O) groups is 1. The average molecular weight is 318 g/mol. The Kier molecular flexibility index (Phi) is 5.73. The molecule has 1 aromatic carbocycles. The summed E-state index contributed by atoms with van der Waals surface area (Å²) >= 11 is 0. The van der Waals surface area contributed by atoms with Crippen molar-refractivity contribution in [2.24, 2.45) is 5.92 Å². The summed E-state index contributed by atoms with van der Waals surface area (Å²) in [4.78, 5) is 22.7. The van der Waals surface area contributed by atoms with Crippen LogP contribution in [0.5, 0.6) is 0 Å². The Balaban J connectivity index is 2.20. The molecule has 0 amide bonds. The summed E-state index contributed by atoms with van der Waals surface area (Å²) in [5.74, 6) is -0.119. The highest BCUT2D eigenvalue weighted by Crippen LogP contribution is 2.31. The van der Waals surface area contributed by atoms with Crippen molar-refractivity contribution in [3.05, 3.63) is 46.5 Å². The predicted octanol–water partition coefficient (Wildman–Crippen LogP) is 3.93. The molecule has 2 atom stereocenters. The van der Waals surface area contributed by atoms with E-state index in [1.165, 1.54) is 18.6 Å². The lowest BCUT2D eigenvalue weighted by Crippen LogP contribution is -2.30. The summed E-state index contributed by atoms with van der Waals surface area (Å²) in [5, 5.41) is 14.6. The highest BCUT2D eigenvalue weighted by molar-refractivity contribution is 5.91. The standard InChI is InChI=1S/C17H22N2O4/c1-3-10-23-17(20)13-8-9-15(16(11-13)19(21)22)18-14-7-5-4-6-12(14)2/h3,8-9,11-12,14,18H,1,4-7,10H2,2H3/t12-,14-/m0/s1. The van der Waals surface area contributed by atoms with E-state index in [-0.39, 0.29) is 23.9 Å². The molecule has 1 aliphatic carbocycles. The van der Waals surface area contributed by atoms with Gasteiger partial charge in [-0.15, -0.1) is 0 Å². The molecule has 0 radical (unpaired) electrons. The van der Waals surface area contributed by atoms with E-state index < -0.39 is 10.9 Å². The largest absolute Gasteiger partial charge is 0.458 e. The highest BCUT2D eigenvalue weighted by Gasteiger charge is 2.25. The zero-order valence-corrected chi connectivity index (χ0v) is 13.3. The lowest BCUT2D eigenvalue weighted by Gasteiger charge is -2.30. The molecular formula is C17H22N2O4. The number of nitro groups is 1. The summed E-state index contributed by atoms with van der Waals surface area (Å²) in [7, 11) is 0. The number of rotatable bonds is 6. The number of nitrogens with zero attached hydrogens (tertiary/aromatic N) is 1. The van der Waals surface area contributed by atoms with E-state index in [9.17, 15) is 14.9 Å². The number of nitro benzene ring substituents is 1. The topological polar surface area (TPSA) is 81.5 Å². The minimum Gasteiger partial charge on any atom is -0.458 e. The first-order valence-corrected chi connectivity index (χ1v) is 7.86. The molecule has 0 spiro atoms. The Bertz CT molecular complexity index is 600. The molecular weight excluding hydrogens is 296 g/mol. The van der Waals surface area contributed by atoms with Gasteiger partial charge in [-0.2, -0.15) is 0 Å². The lowest BCUT2D eigenvalue weighted by molar-refractivity contribution is -0.384. The van der Waals surface area contributed by atoms with Gasteiger partial charge in [0.05, 0.1) is 10.5 Å². The third-order valence-corrected chi connectivity index (χ3v) is 4.21. The van der Waals surface area contributed by atoms with Crippen molar-refractivity contribution in [1.29, 1.82) is 0 Å². The van der Waals surface area contributed by atoms with Crippen LogP contribution in [0.3, 0.4) is 0 Å². The van der Waals surface area contributed by atoms with Crippen LogP contribution in [0.2, 0.25) is 0 Å². The molecule has 0 bridgehead atoms. The molecule has 124 valence electrons. The molecule has 6 nitrogen and oxygen atoms in total. The fraction of sp³-hybridized carbons (Fsp3) is 0.471. The van der Waals surface area contributed by atoms with Crippen LogP contribution < -0.4 is 5.32 Å². The third-order valence-electron chi connectivity index (χ3n) is 4.21. The summed E-state index contributed by atoms with van der Waals surface area (Å²) < 4.78 is 4.92. The van der Waals surface area contributed by atoms with E-state index in [4.69, 9.17) is 4.74 Å². The number of hydrogen-bond acceptors (Lipinski definition) is 5. The molecule has 1 fully saturated rings.